The summed E-state index contributed by atoms with van der Waals surface area (Å²) in [7, 11) is 1.73. The number of hydrogen-bond donors (Lipinski definition) is 0. The molecule has 0 bridgehead atoms. The molecule has 0 aliphatic carbocycles. The highest BCUT2D eigenvalue weighted by molar-refractivity contribution is 5.28. The maximum Gasteiger partial charge on any atom is 0.119 e. The lowest BCUT2D eigenvalue weighted by molar-refractivity contribution is 0.186. The number of ether oxygens (including phenoxy) is 1. The van der Waals surface area contributed by atoms with E-state index in [9.17, 15) is 0 Å². The van der Waals surface area contributed by atoms with Gasteiger partial charge in [-0.2, -0.15) is 0 Å². The Balaban J connectivity index is 1.73. The summed E-state index contributed by atoms with van der Waals surface area (Å²) in [5, 5.41) is 0. The number of likely N-dealkylation sites (tertiary alicyclic amines) is 1. The quantitative estimate of drug-likeness (QED) is 0.732. The van der Waals surface area contributed by atoms with Gasteiger partial charge in [-0.15, -0.1) is 0 Å². The van der Waals surface area contributed by atoms with Crippen LogP contribution >= 0.6 is 0 Å². The van der Waals surface area contributed by atoms with Gasteiger partial charge in [-0.3, -0.25) is 0 Å². The van der Waals surface area contributed by atoms with Gasteiger partial charge in [-0.25, -0.2) is 0 Å². The zero-order chi connectivity index (χ0) is 14.9. The van der Waals surface area contributed by atoms with E-state index in [1.54, 1.807) is 7.11 Å². The van der Waals surface area contributed by atoms with E-state index >= 15 is 0 Å². The predicted octanol–water partition coefficient (Wildman–Crippen LogP) is 3.05. The van der Waals surface area contributed by atoms with Crippen LogP contribution in [0.4, 0.5) is 0 Å². The smallest absolute Gasteiger partial charge is 0.119 e. The van der Waals surface area contributed by atoms with E-state index in [4.69, 9.17) is 4.74 Å². The molecule has 118 valence electrons. The molecule has 21 heavy (non-hydrogen) atoms. The largest absolute Gasteiger partial charge is 0.497 e. The van der Waals surface area contributed by atoms with Crippen molar-refractivity contribution in [1.82, 2.24) is 9.80 Å². The van der Waals surface area contributed by atoms with Gasteiger partial charge in [0.05, 0.1) is 7.11 Å². The molecule has 0 spiro atoms. The second kappa shape index (κ2) is 9.06. The van der Waals surface area contributed by atoms with Crippen LogP contribution in [-0.2, 0) is 6.42 Å². The normalized spacial score (nSPS) is 16.3. The highest BCUT2D eigenvalue weighted by Crippen LogP contribution is 2.13. The van der Waals surface area contributed by atoms with Crippen LogP contribution in [0.3, 0.4) is 0 Å². The maximum atomic E-state index is 5.29. The molecule has 3 nitrogen and oxygen atoms in total. The molecular formula is C18H30N2O. The molecule has 0 radical (unpaired) electrons. The van der Waals surface area contributed by atoms with Crippen molar-refractivity contribution in [2.24, 2.45) is 0 Å². The Hall–Kier alpha value is -1.06. The number of piperidine rings is 1. The van der Waals surface area contributed by atoms with Crippen molar-refractivity contribution >= 4 is 0 Å². The van der Waals surface area contributed by atoms with Crippen molar-refractivity contribution in [3.8, 4) is 5.75 Å². The van der Waals surface area contributed by atoms with E-state index in [2.05, 4.69) is 34.9 Å². The molecule has 0 amide bonds. The summed E-state index contributed by atoms with van der Waals surface area (Å²) in [5.74, 6) is 0.962. The van der Waals surface area contributed by atoms with Crippen LogP contribution in [0.25, 0.3) is 0 Å². The minimum atomic E-state index is 0.962. The number of likely N-dealkylation sites (N-methyl/N-ethyl adjacent to an activating group) is 1. The zero-order valence-electron chi connectivity index (χ0n) is 13.7. The monoisotopic (exact) mass is 290 g/mol. The molecule has 1 saturated heterocycles. The molecule has 0 aromatic heterocycles. The minimum absolute atomic E-state index is 0.962. The van der Waals surface area contributed by atoms with Crippen LogP contribution in [0, 0.1) is 0 Å². The molecule has 1 aromatic rings. The van der Waals surface area contributed by atoms with Crippen LogP contribution in [0.15, 0.2) is 24.3 Å². The Morgan fingerprint density at radius 3 is 2.67 bits per heavy atom. The molecule has 1 aromatic carbocycles. The number of benzene rings is 1. The van der Waals surface area contributed by atoms with Gasteiger partial charge in [0, 0.05) is 19.6 Å². The first kappa shape index (κ1) is 16.3. The molecule has 0 saturated carbocycles. The number of rotatable bonds is 8. The van der Waals surface area contributed by atoms with Gasteiger partial charge >= 0.3 is 0 Å². The van der Waals surface area contributed by atoms with E-state index < -0.39 is 0 Å². The Bertz CT molecular complexity index is 402. The van der Waals surface area contributed by atoms with Crippen molar-refractivity contribution in [2.45, 2.75) is 32.6 Å². The maximum absolute atomic E-state index is 5.29. The molecule has 2 rings (SSSR count). The predicted molar refractivity (Wildman–Crippen MR) is 89.1 cm³/mol. The summed E-state index contributed by atoms with van der Waals surface area (Å²) >= 11 is 0. The Morgan fingerprint density at radius 2 is 1.95 bits per heavy atom. The van der Waals surface area contributed by atoms with E-state index in [1.807, 2.05) is 6.07 Å². The van der Waals surface area contributed by atoms with Crippen molar-refractivity contribution in [1.29, 1.82) is 0 Å². The van der Waals surface area contributed by atoms with Gasteiger partial charge in [0.15, 0.2) is 0 Å². The van der Waals surface area contributed by atoms with Crippen LogP contribution in [0.2, 0.25) is 0 Å². The summed E-state index contributed by atoms with van der Waals surface area (Å²) in [6.45, 7) is 9.56. The third-order valence-electron chi connectivity index (χ3n) is 4.48. The second-order valence-electron chi connectivity index (χ2n) is 5.94. The molecular weight excluding hydrogens is 260 g/mol. The SMILES string of the molecule is CCN(CCc1cccc(OC)c1)CCN1CCCCC1. The Morgan fingerprint density at radius 1 is 1.14 bits per heavy atom. The third kappa shape index (κ3) is 5.68. The van der Waals surface area contributed by atoms with Gasteiger partial charge in [-0.1, -0.05) is 25.5 Å². The first-order chi connectivity index (χ1) is 10.3. The summed E-state index contributed by atoms with van der Waals surface area (Å²) in [5.41, 5.74) is 1.37. The lowest BCUT2D eigenvalue weighted by atomic mass is 10.1. The molecule has 1 heterocycles. The summed E-state index contributed by atoms with van der Waals surface area (Å²) < 4.78 is 5.29. The third-order valence-corrected chi connectivity index (χ3v) is 4.48. The van der Waals surface area contributed by atoms with Crippen molar-refractivity contribution < 1.29 is 4.74 Å². The minimum Gasteiger partial charge on any atom is -0.497 e. The molecule has 0 N–H and O–H groups in total. The molecule has 0 unspecified atom stereocenters. The van der Waals surface area contributed by atoms with Crippen molar-refractivity contribution in [3.05, 3.63) is 29.8 Å². The van der Waals surface area contributed by atoms with Gasteiger partial charge in [-0.05, 0) is 56.6 Å². The highest BCUT2D eigenvalue weighted by atomic mass is 16.5. The Labute approximate surface area is 129 Å². The highest BCUT2D eigenvalue weighted by Gasteiger charge is 2.11. The fraction of sp³-hybridized carbons (Fsp3) is 0.667. The Kier molecular flexibility index (Phi) is 7.04. The number of hydrogen-bond acceptors (Lipinski definition) is 3. The number of nitrogens with zero attached hydrogens (tertiary/aromatic N) is 2. The lowest BCUT2D eigenvalue weighted by Gasteiger charge is -2.29. The van der Waals surface area contributed by atoms with E-state index in [-0.39, 0.29) is 0 Å². The zero-order valence-corrected chi connectivity index (χ0v) is 13.7. The summed E-state index contributed by atoms with van der Waals surface area (Å²) in [6, 6.07) is 8.44. The van der Waals surface area contributed by atoms with Crippen LogP contribution in [0.1, 0.15) is 31.7 Å². The van der Waals surface area contributed by atoms with Crippen LogP contribution in [-0.4, -0.2) is 56.2 Å². The van der Waals surface area contributed by atoms with Gasteiger partial charge in [0.1, 0.15) is 5.75 Å². The van der Waals surface area contributed by atoms with Crippen molar-refractivity contribution in [3.63, 3.8) is 0 Å². The van der Waals surface area contributed by atoms with Gasteiger partial charge in [0.2, 0.25) is 0 Å². The topological polar surface area (TPSA) is 15.7 Å². The molecule has 0 atom stereocenters. The molecule has 1 fully saturated rings. The molecule has 3 heteroatoms. The van der Waals surface area contributed by atoms with E-state index in [0.29, 0.717) is 0 Å². The summed E-state index contributed by atoms with van der Waals surface area (Å²) in [4.78, 5) is 5.19. The molecule has 1 aliphatic heterocycles. The standard InChI is InChI=1S/C18H30N2O/c1-3-19(14-15-20-11-5-4-6-12-20)13-10-17-8-7-9-18(16-17)21-2/h7-9,16H,3-6,10-15H2,1-2H3. The first-order valence-corrected chi connectivity index (χ1v) is 8.39. The van der Waals surface area contributed by atoms with E-state index in [0.717, 1.165) is 25.3 Å². The average molecular weight is 290 g/mol. The first-order valence-electron chi connectivity index (χ1n) is 8.39. The second-order valence-corrected chi connectivity index (χ2v) is 5.94. The van der Waals surface area contributed by atoms with Gasteiger partial charge in [0.25, 0.3) is 0 Å². The lowest BCUT2D eigenvalue weighted by Crippen LogP contribution is -2.38. The van der Waals surface area contributed by atoms with Gasteiger partial charge < -0.3 is 14.5 Å². The van der Waals surface area contributed by atoms with Crippen molar-refractivity contribution in [2.75, 3.05) is 46.4 Å². The fourth-order valence-electron chi connectivity index (χ4n) is 3.01. The fourth-order valence-corrected chi connectivity index (χ4v) is 3.01. The van der Waals surface area contributed by atoms with E-state index in [1.165, 1.54) is 51.0 Å². The van der Waals surface area contributed by atoms with Crippen LogP contribution in [0.5, 0.6) is 5.75 Å². The number of methoxy groups -OCH3 is 1. The molecule has 1 aliphatic rings. The average Bonchev–Trinajstić information content (AvgIpc) is 2.56. The summed E-state index contributed by atoms with van der Waals surface area (Å²) in [6.07, 6.45) is 5.29. The van der Waals surface area contributed by atoms with Crippen LogP contribution < -0.4 is 4.74 Å².